The van der Waals surface area contributed by atoms with Crippen LogP contribution in [-0.2, 0) is 4.79 Å². The summed E-state index contributed by atoms with van der Waals surface area (Å²) in [5.74, 6) is -0.113. The van der Waals surface area contributed by atoms with Gasteiger partial charge in [0.15, 0.2) is 5.78 Å². The molecule has 0 aliphatic heterocycles. The first-order valence-electron chi connectivity index (χ1n) is 7.33. The third-order valence-electron chi connectivity index (χ3n) is 3.81. The number of hydrogen-bond donors (Lipinski definition) is 2. The summed E-state index contributed by atoms with van der Waals surface area (Å²) in [6.45, 7) is 7.83. The monoisotopic (exact) mass is 311 g/mol. The van der Waals surface area contributed by atoms with Crippen molar-refractivity contribution in [2.45, 2.75) is 58.9 Å². The summed E-state index contributed by atoms with van der Waals surface area (Å²) < 4.78 is 0. The first kappa shape index (κ1) is 17.9. The number of hydrogen-bond acceptors (Lipinski definition) is 4. The minimum atomic E-state index is -0.399. The van der Waals surface area contributed by atoms with Crippen molar-refractivity contribution in [1.29, 1.82) is 0 Å². The van der Waals surface area contributed by atoms with Crippen molar-refractivity contribution in [3.63, 3.8) is 0 Å². The number of carbonyl (C=O) groups excluding carboxylic acids is 2. The SMILES string of the molecule is CCC(C)(CCO)NC(=O)CCC(=O)c1cc(C)sc1C. The molecule has 0 bridgehead atoms. The molecule has 2 N–H and O–H groups in total. The van der Waals surface area contributed by atoms with E-state index in [1.165, 1.54) is 0 Å². The molecule has 21 heavy (non-hydrogen) atoms. The Morgan fingerprint density at radius 1 is 1.33 bits per heavy atom. The van der Waals surface area contributed by atoms with Gasteiger partial charge < -0.3 is 10.4 Å². The van der Waals surface area contributed by atoms with Gasteiger partial charge in [0, 0.05) is 40.3 Å². The molecular weight excluding hydrogens is 286 g/mol. The molecule has 0 aliphatic rings. The molecule has 0 fully saturated rings. The van der Waals surface area contributed by atoms with Crippen LogP contribution >= 0.6 is 11.3 Å². The minimum absolute atomic E-state index is 0.0207. The van der Waals surface area contributed by atoms with Crippen molar-refractivity contribution >= 4 is 23.0 Å². The molecular formula is C16H25NO3S. The number of rotatable bonds is 8. The van der Waals surface area contributed by atoms with Crippen LogP contribution in [0.25, 0.3) is 0 Å². The van der Waals surface area contributed by atoms with E-state index < -0.39 is 5.54 Å². The standard InChI is InChI=1S/C16H25NO3S/c1-5-16(4,8-9-18)17-15(20)7-6-14(19)13-10-11(2)21-12(13)3/h10,18H,5-9H2,1-4H3,(H,17,20). The van der Waals surface area contributed by atoms with E-state index in [4.69, 9.17) is 5.11 Å². The smallest absolute Gasteiger partial charge is 0.220 e. The average molecular weight is 311 g/mol. The van der Waals surface area contributed by atoms with Crippen molar-refractivity contribution < 1.29 is 14.7 Å². The molecule has 0 spiro atoms. The van der Waals surface area contributed by atoms with E-state index in [1.54, 1.807) is 11.3 Å². The predicted octanol–water partition coefficient (Wildman–Crippen LogP) is 3.00. The van der Waals surface area contributed by atoms with Gasteiger partial charge in [0.2, 0.25) is 5.91 Å². The van der Waals surface area contributed by atoms with E-state index in [0.29, 0.717) is 6.42 Å². The Labute approximate surface area is 130 Å². The number of aliphatic hydroxyl groups excluding tert-OH is 1. The summed E-state index contributed by atoms with van der Waals surface area (Å²) in [5, 5.41) is 12.0. The molecule has 1 amide bonds. The molecule has 5 heteroatoms. The molecule has 1 heterocycles. The third kappa shape index (κ3) is 5.25. The molecule has 0 radical (unpaired) electrons. The van der Waals surface area contributed by atoms with Crippen LogP contribution in [0.5, 0.6) is 0 Å². The first-order chi connectivity index (χ1) is 9.81. The Kier molecular flexibility index (Phi) is 6.55. The molecule has 1 aromatic rings. The summed E-state index contributed by atoms with van der Waals surface area (Å²) in [6.07, 6.45) is 1.68. The van der Waals surface area contributed by atoms with Gasteiger partial charge in [-0.25, -0.2) is 0 Å². The number of carbonyl (C=O) groups is 2. The Hall–Kier alpha value is -1.20. The van der Waals surface area contributed by atoms with Crippen LogP contribution < -0.4 is 5.32 Å². The number of nitrogens with one attached hydrogen (secondary N) is 1. The Morgan fingerprint density at radius 2 is 2.00 bits per heavy atom. The lowest BCUT2D eigenvalue weighted by molar-refractivity contribution is -0.123. The van der Waals surface area contributed by atoms with Gasteiger partial charge in [-0.3, -0.25) is 9.59 Å². The maximum Gasteiger partial charge on any atom is 0.220 e. The van der Waals surface area contributed by atoms with Gasteiger partial charge in [0.25, 0.3) is 0 Å². The molecule has 4 nitrogen and oxygen atoms in total. The summed E-state index contributed by atoms with van der Waals surface area (Å²) in [4.78, 5) is 26.2. The Morgan fingerprint density at radius 3 is 2.48 bits per heavy atom. The summed E-state index contributed by atoms with van der Waals surface area (Å²) >= 11 is 1.60. The molecule has 118 valence electrons. The second kappa shape index (κ2) is 7.71. The molecule has 0 saturated carbocycles. The quantitative estimate of drug-likeness (QED) is 0.725. The molecule has 0 saturated heterocycles. The van der Waals surface area contributed by atoms with Crippen molar-refractivity contribution in [2.24, 2.45) is 0 Å². The van der Waals surface area contributed by atoms with Gasteiger partial charge >= 0.3 is 0 Å². The maximum atomic E-state index is 12.1. The van der Waals surface area contributed by atoms with Gasteiger partial charge in [-0.1, -0.05) is 6.92 Å². The lowest BCUT2D eigenvalue weighted by Crippen LogP contribution is -2.46. The van der Waals surface area contributed by atoms with Crippen molar-refractivity contribution in [2.75, 3.05) is 6.61 Å². The lowest BCUT2D eigenvalue weighted by Gasteiger charge is -2.29. The lowest BCUT2D eigenvalue weighted by atomic mass is 9.94. The molecule has 1 atom stereocenters. The molecule has 0 aliphatic carbocycles. The van der Waals surface area contributed by atoms with E-state index in [0.717, 1.165) is 21.7 Å². The fraction of sp³-hybridized carbons (Fsp3) is 0.625. The average Bonchev–Trinajstić information content (AvgIpc) is 2.75. The number of amides is 1. The normalized spacial score (nSPS) is 13.8. The molecule has 1 aromatic heterocycles. The summed E-state index contributed by atoms with van der Waals surface area (Å²) in [7, 11) is 0. The van der Waals surface area contributed by atoms with Crippen LogP contribution in [-0.4, -0.2) is 28.9 Å². The van der Waals surface area contributed by atoms with E-state index in [1.807, 2.05) is 33.8 Å². The van der Waals surface area contributed by atoms with Crippen molar-refractivity contribution in [3.8, 4) is 0 Å². The zero-order chi connectivity index (χ0) is 16.0. The topological polar surface area (TPSA) is 66.4 Å². The van der Waals surface area contributed by atoms with Crippen LogP contribution in [0.1, 0.15) is 59.6 Å². The highest BCUT2D eigenvalue weighted by Gasteiger charge is 2.24. The van der Waals surface area contributed by atoms with Gasteiger partial charge in [0.1, 0.15) is 0 Å². The molecule has 0 aromatic carbocycles. The number of thiophene rings is 1. The zero-order valence-electron chi connectivity index (χ0n) is 13.3. The fourth-order valence-corrected chi connectivity index (χ4v) is 3.19. The number of Topliss-reactive ketones (excluding diaryl/α,β-unsaturated/α-hetero) is 1. The highest BCUT2D eigenvalue weighted by molar-refractivity contribution is 7.12. The first-order valence-corrected chi connectivity index (χ1v) is 8.15. The highest BCUT2D eigenvalue weighted by atomic mass is 32.1. The molecule has 1 rings (SSSR count). The zero-order valence-corrected chi connectivity index (χ0v) is 14.1. The second-order valence-corrected chi connectivity index (χ2v) is 7.15. The van der Waals surface area contributed by atoms with Crippen LogP contribution in [0.3, 0.4) is 0 Å². The fourth-order valence-electron chi connectivity index (χ4n) is 2.24. The maximum absolute atomic E-state index is 12.1. The van der Waals surface area contributed by atoms with Crippen LogP contribution in [0.2, 0.25) is 0 Å². The van der Waals surface area contributed by atoms with Gasteiger partial charge in [-0.05, 0) is 39.7 Å². The van der Waals surface area contributed by atoms with E-state index >= 15 is 0 Å². The Balaban J connectivity index is 2.53. The van der Waals surface area contributed by atoms with Crippen LogP contribution in [0.4, 0.5) is 0 Å². The largest absolute Gasteiger partial charge is 0.396 e. The Bertz CT molecular complexity index is 510. The minimum Gasteiger partial charge on any atom is -0.396 e. The second-order valence-electron chi connectivity index (χ2n) is 5.69. The van der Waals surface area contributed by atoms with Gasteiger partial charge in [-0.15, -0.1) is 11.3 Å². The van der Waals surface area contributed by atoms with Crippen molar-refractivity contribution in [3.05, 3.63) is 21.4 Å². The molecule has 1 unspecified atom stereocenters. The van der Waals surface area contributed by atoms with E-state index in [2.05, 4.69) is 5.32 Å². The number of ketones is 1. The predicted molar refractivity (Wildman–Crippen MR) is 85.9 cm³/mol. The van der Waals surface area contributed by atoms with E-state index in [9.17, 15) is 9.59 Å². The number of aliphatic hydroxyl groups is 1. The van der Waals surface area contributed by atoms with Crippen molar-refractivity contribution in [1.82, 2.24) is 5.32 Å². The number of aryl methyl sites for hydroxylation is 2. The summed E-state index contributed by atoms with van der Waals surface area (Å²) in [6, 6.07) is 1.89. The van der Waals surface area contributed by atoms with Crippen LogP contribution in [0.15, 0.2) is 6.07 Å². The van der Waals surface area contributed by atoms with Crippen LogP contribution in [0, 0.1) is 13.8 Å². The van der Waals surface area contributed by atoms with Gasteiger partial charge in [-0.2, -0.15) is 0 Å². The third-order valence-corrected chi connectivity index (χ3v) is 4.77. The summed E-state index contributed by atoms with van der Waals surface area (Å²) in [5.41, 5.74) is 0.336. The van der Waals surface area contributed by atoms with E-state index in [-0.39, 0.29) is 31.1 Å². The van der Waals surface area contributed by atoms with Gasteiger partial charge in [0.05, 0.1) is 0 Å². The highest BCUT2D eigenvalue weighted by Crippen LogP contribution is 2.22.